The molecule has 0 aliphatic carbocycles. The van der Waals surface area contributed by atoms with Crippen molar-refractivity contribution in [2.24, 2.45) is 4.99 Å². The first kappa shape index (κ1) is 28.4. The van der Waals surface area contributed by atoms with E-state index in [1.165, 1.54) is 30.9 Å². The largest absolute Gasteiger partial charge is 0.435 e. The summed E-state index contributed by atoms with van der Waals surface area (Å²) in [6.07, 6.45) is -9.44. The minimum Gasteiger partial charge on any atom is -0.368 e. The Hall–Kier alpha value is -3.16. The fraction of sp³-hybridized carbons (Fsp3) is 0.435. The third-order valence-electron chi connectivity index (χ3n) is 5.91. The summed E-state index contributed by atoms with van der Waals surface area (Å²) in [5.41, 5.74) is -2.17. The normalized spacial score (nSPS) is 17.4. The average Bonchev–Trinajstić information content (AvgIpc) is 2.79. The van der Waals surface area contributed by atoms with E-state index in [9.17, 15) is 34.8 Å². The maximum absolute atomic E-state index is 14.0. The number of aliphatic imine (C=N–C) groups is 1. The Labute approximate surface area is 210 Å². The molecule has 0 bridgehead atoms. The zero-order valence-corrected chi connectivity index (χ0v) is 21.0. The van der Waals surface area contributed by atoms with Crippen LogP contribution >= 0.6 is 0 Å². The third kappa shape index (κ3) is 6.79. The van der Waals surface area contributed by atoms with Gasteiger partial charge >= 0.3 is 12.4 Å². The molecule has 0 radical (unpaired) electrons. The molecule has 1 aliphatic heterocycles. The second kappa shape index (κ2) is 10.3. The first-order valence-corrected chi connectivity index (χ1v) is 12.9. The highest BCUT2D eigenvalue weighted by atomic mass is 32.2. The highest BCUT2D eigenvalue weighted by molar-refractivity contribution is 7.91. The average molecular weight is 550 g/mol. The van der Waals surface area contributed by atoms with Crippen LogP contribution in [0.25, 0.3) is 0 Å². The monoisotopic (exact) mass is 549 g/mol. The van der Waals surface area contributed by atoms with Gasteiger partial charge in [0.2, 0.25) is 0 Å². The molecule has 0 unspecified atom stereocenters. The quantitative estimate of drug-likeness (QED) is 0.396. The van der Waals surface area contributed by atoms with Crippen molar-refractivity contribution in [2.75, 3.05) is 29.9 Å². The van der Waals surface area contributed by atoms with E-state index in [1.54, 1.807) is 6.92 Å². The Morgan fingerprint density at radius 2 is 1.73 bits per heavy atom. The maximum atomic E-state index is 14.0. The lowest BCUT2D eigenvalue weighted by Crippen LogP contribution is -2.43. The van der Waals surface area contributed by atoms with Gasteiger partial charge in [-0.15, -0.1) is 5.10 Å². The lowest BCUT2D eigenvalue weighted by atomic mass is 10.0. The van der Waals surface area contributed by atoms with E-state index in [0.29, 0.717) is 0 Å². The SMILES string of the molecule is C=C(C(=Nc1c(C)nnc(N[C@H](C)c2cccc(C(F)(F)F)c2)c1C)C(F)(F)F)N1CCS(=O)(=O)CC1. The fourth-order valence-electron chi connectivity index (χ4n) is 3.74. The summed E-state index contributed by atoms with van der Waals surface area (Å²) in [5, 5.41) is 10.7. The third-order valence-corrected chi connectivity index (χ3v) is 7.52. The molecule has 1 saturated heterocycles. The second-order valence-corrected chi connectivity index (χ2v) is 10.9. The molecule has 37 heavy (non-hydrogen) atoms. The Bertz CT molecular complexity index is 1310. The van der Waals surface area contributed by atoms with Crippen LogP contribution in [0.15, 0.2) is 41.5 Å². The predicted molar refractivity (Wildman–Crippen MR) is 128 cm³/mol. The van der Waals surface area contributed by atoms with Crippen molar-refractivity contribution in [1.82, 2.24) is 15.1 Å². The van der Waals surface area contributed by atoms with Crippen LogP contribution in [0, 0.1) is 13.8 Å². The van der Waals surface area contributed by atoms with Crippen LogP contribution < -0.4 is 5.32 Å². The van der Waals surface area contributed by atoms with Crippen molar-refractivity contribution in [3.05, 3.63) is 58.9 Å². The molecule has 3 rings (SSSR count). The number of aryl methyl sites for hydroxylation is 1. The number of hydrogen-bond acceptors (Lipinski definition) is 7. The molecule has 1 fully saturated rings. The number of anilines is 1. The van der Waals surface area contributed by atoms with Gasteiger partial charge in [0.15, 0.2) is 21.4 Å². The van der Waals surface area contributed by atoms with Crippen molar-refractivity contribution in [3.63, 3.8) is 0 Å². The van der Waals surface area contributed by atoms with Crippen LogP contribution in [0.5, 0.6) is 0 Å². The molecule has 0 spiro atoms. The molecule has 1 aromatic heterocycles. The number of aromatic nitrogens is 2. The molecule has 0 amide bonds. The minimum atomic E-state index is -4.91. The highest BCUT2D eigenvalue weighted by Crippen LogP contribution is 2.34. The number of hydrogen-bond donors (Lipinski definition) is 1. The van der Waals surface area contributed by atoms with Crippen molar-refractivity contribution >= 4 is 27.1 Å². The maximum Gasteiger partial charge on any atom is 0.435 e. The van der Waals surface area contributed by atoms with E-state index < -0.39 is 45.2 Å². The molecule has 14 heteroatoms. The molecular weight excluding hydrogens is 524 g/mol. The van der Waals surface area contributed by atoms with Crippen LogP contribution in [0.1, 0.15) is 35.3 Å². The van der Waals surface area contributed by atoms with Gasteiger partial charge in [-0.2, -0.15) is 31.4 Å². The number of nitrogens with zero attached hydrogens (tertiary/aromatic N) is 4. The van der Waals surface area contributed by atoms with E-state index in [2.05, 4.69) is 27.1 Å². The molecule has 7 nitrogen and oxygen atoms in total. The lowest BCUT2D eigenvalue weighted by Gasteiger charge is -2.31. The zero-order valence-electron chi connectivity index (χ0n) is 20.2. The summed E-state index contributed by atoms with van der Waals surface area (Å²) in [7, 11) is -3.33. The summed E-state index contributed by atoms with van der Waals surface area (Å²) < 4.78 is 105. The summed E-state index contributed by atoms with van der Waals surface area (Å²) in [6, 6.07) is 3.95. The van der Waals surface area contributed by atoms with Gasteiger partial charge in [-0.1, -0.05) is 18.7 Å². The van der Waals surface area contributed by atoms with E-state index in [-0.39, 0.29) is 52.9 Å². The van der Waals surface area contributed by atoms with Gasteiger partial charge < -0.3 is 10.2 Å². The van der Waals surface area contributed by atoms with Crippen molar-refractivity contribution in [2.45, 2.75) is 39.2 Å². The zero-order chi connectivity index (χ0) is 27.8. The van der Waals surface area contributed by atoms with E-state index in [0.717, 1.165) is 12.1 Å². The Morgan fingerprint density at radius 1 is 1.11 bits per heavy atom. The molecule has 202 valence electrons. The van der Waals surface area contributed by atoms with Crippen LogP contribution in [0.4, 0.5) is 37.8 Å². The van der Waals surface area contributed by atoms with Crippen LogP contribution in [-0.4, -0.2) is 60.0 Å². The first-order chi connectivity index (χ1) is 17.0. The molecular formula is C23H25F6N5O2S. The Balaban J connectivity index is 1.95. The predicted octanol–water partition coefficient (Wildman–Crippen LogP) is 5.16. The molecule has 2 heterocycles. The molecule has 1 aromatic carbocycles. The first-order valence-electron chi connectivity index (χ1n) is 11.1. The molecule has 2 aromatic rings. The van der Waals surface area contributed by atoms with Gasteiger partial charge in [-0.25, -0.2) is 13.4 Å². The van der Waals surface area contributed by atoms with Gasteiger partial charge in [0.05, 0.1) is 40.2 Å². The number of halogens is 6. The van der Waals surface area contributed by atoms with Gasteiger partial charge in [0.1, 0.15) is 0 Å². The summed E-state index contributed by atoms with van der Waals surface area (Å²) >= 11 is 0. The van der Waals surface area contributed by atoms with Crippen LogP contribution in [0.3, 0.4) is 0 Å². The number of sulfone groups is 1. The van der Waals surface area contributed by atoms with Crippen molar-refractivity contribution in [1.29, 1.82) is 0 Å². The van der Waals surface area contributed by atoms with E-state index in [4.69, 9.17) is 0 Å². The van der Waals surface area contributed by atoms with Crippen LogP contribution in [0.2, 0.25) is 0 Å². The lowest BCUT2D eigenvalue weighted by molar-refractivity contribution is -0.137. The Morgan fingerprint density at radius 3 is 2.30 bits per heavy atom. The summed E-state index contributed by atoms with van der Waals surface area (Å²) in [4.78, 5) is 5.06. The standard InChI is InChI=1S/C23H25F6N5O2S/c1-13-19(31-20(23(27,28)29)16(4)34-8-10-37(35,36)11-9-34)15(3)32-33-21(13)30-14(2)17-6-5-7-18(12-17)22(24,25)26/h5-7,12,14H,4,8-11H2,1-3H3,(H,30,33)/t14-/m1/s1. The molecule has 1 aliphatic rings. The minimum absolute atomic E-state index is 0.0467. The number of rotatable bonds is 6. The van der Waals surface area contributed by atoms with E-state index >= 15 is 0 Å². The number of nitrogens with one attached hydrogen (secondary N) is 1. The van der Waals surface area contributed by atoms with Gasteiger partial charge in [-0.05, 0) is 38.5 Å². The van der Waals surface area contributed by atoms with Gasteiger partial charge in [0.25, 0.3) is 0 Å². The van der Waals surface area contributed by atoms with Gasteiger partial charge in [-0.3, -0.25) is 0 Å². The number of allylic oxidation sites excluding steroid dienone is 1. The second-order valence-electron chi connectivity index (χ2n) is 8.64. The summed E-state index contributed by atoms with van der Waals surface area (Å²) in [5.74, 6) is -0.549. The highest BCUT2D eigenvalue weighted by Gasteiger charge is 2.40. The van der Waals surface area contributed by atoms with Gasteiger partial charge in [0, 0.05) is 18.7 Å². The van der Waals surface area contributed by atoms with Crippen molar-refractivity contribution in [3.8, 4) is 0 Å². The summed E-state index contributed by atoms with van der Waals surface area (Å²) in [6.45, 7) is 7.69. The number of benzene rings is 1. The molecule has 0 saturated carbocycles. The topological polar surface area (TPSA) is 87.6 Å². The fourth-order valence-corrected chi connectivity index (χ4v) is 4.94. The smallest absolute Gasteiger partial charge is 0.368 e. The number of alkyl halides is 6. The molecule has 1 atom stereocenters. The van der Waals surface area contributed by atoms with Crippen molar-refractivity contribution < 1.29 is 34.8 Å². The van der Waals surface area contributed by atoms with Crippen LogP contribution in [-0.2, 0) is 16.0 Å². The molecule has 1 N–H and O–H groups in total. The van der Waals surface area contributed by atoms with E-state index in [1.807, 2.05) is 0 Å². The Kier molecular flexibility index (Phi) is 7.91.